The van der Waals surface area contributed by atoms with Gasteiger partial charge in [-0.3, -0.25) is 0 Å². The summed E-state index contributed by atoms with van der Waals surface area (Å²) in [6.45, 7) is 4.58. The van der Waals surface area contributed by atoms with Gasteiger partial charge in [-0.2, -0.15) is 4.31 Å². The van der Waals surface area contributed by atoms with E-state index in [9.17, 15) is 8.42 Å². The van der Waals surface area contributed by atoms with Crippen LogP contribution in [0.25, 0.3) is 0 Å². The second-order valence-corrected chi connectivity index (χ2v) is 8.22. The fourth-order valence-electron chi connectivity index (χ4n) is 3.03. The van der Waals surface area contributed by atoms with Crippen molar-refractivity contribution in [3.05, 3.63) is 29.3 Å². The van der Waals surface area contributed by atoms with E-state index in [1.165, 1.54) is 0 Å². The minimum absolute atomic E-state index is 0.126. The molecule has 1 aliphatic carbocycles. The Balaban J connectivity index is 2.22. The SMILES string of the molecule is Cc1cc(S(=O)(=O)N(C)C2CCC(C)CC2)ccc1CN. The topological polar surface area (TPSA) is 63.4 Å². The van der Waals surface area contributed by atoms with Crippen LogP contribution in [-0.4, -0.2) is 25.8 Å². The maximum absolute atomic E-state index is 12.8. The van der Waals surface area contributed by atoms with Gasteiger partial charge < -0.3 is 5.73 Å². The van der Waals surface area contributed by atoms with Gasteiger partial charge in [-0.25, -0.2) is 8.42 Å². The van der Waals surface area contributed by atoms with Gasteiger partial charge in [0.15, 0.2) is 0 Å². The van der Waals surface area contributed by atoms with Crippen LogP contribution in [0.3, 0.4) is 0 Å². The first kappa shape index (κ1) is 16.5. The lowest BCUT2D eigenvalue weighted by Crippen LogP contribution is -2.39. The van der Waals surface area contributed by atoms with Crippen LogP contribution in [-0.2, 0) is 16.6 Å². The molecule has 0 atom stereocenters. The Morgan fingerprint density at radius 2 is 1.86 bits per heavy atom. The standard InChI is InChI=1S/C16H26N2O2S/c1-12-4-7-15(8-5-12)18(3)21(19,20)16-9-6-14(11-17)13(2)10-16/h6,9-10,12,15H,4-5,7-8,11,17H2,1-3H3. The minimum atomic E-state index is -3.41. The molecule has 0 unspecified atom stereocenters. The van der Waals surface area contributed by atoms with Crippen LogP contribution < -0.4 is 5.73 Å². The molecule has 2 N–H and O–H groups in total. The van der Waals surface area contributed by atoms with Crippen molar-refractivity contribution in [2.45, 2.75) is 57.0 Å². The first-order chi connectivity index (χ1) is 9.86. The van der Waals surface area contributed by atoms with Crippen molar-refractivity contribution in [2.24, 2.45) is 11.7 Å². The van der Waals surface area contributed by atoms with Crippen LogP contribution in [0, 0.1) is 12.8 Å². The van der Waals surface area contributed by atoms with Crippen LogP contribution in [0.1, 0.15) is 43.7 Å². The highest BCUT2D eigenvalue weighted by Gasteiger charge is 2.30. The number of sulfonamides is 1. The van der Waals surface area contributed by atoms with Gasteiger partial charge in [-0.15, -0.1) is 0 Å². The van der Waals surface area contributed by atoms with Gasteiger partial charge in [0.25, 0.3) is 0 Å². The van der Waals surface area contributed by atoms with E-state index in [2.05, 4.69) is 6.92 Å². The van der Waals surface area contributed by atoms with Gasteiger partial charge in [0.1, 0.15) is 0 Å². The molecule has 0 saturated heterocycles. The van der Waals surface area contributed by atoms with Crippen LogP contribution in [0.4, 0.5) is 0 Å². The summed E-state index contributed by atoms with van der Waals surface area (Å²) in [7, 11) is -1.70. The van der Waals surface area contributed by atoms with Crippen molar-refractivity contribution in [1.29, 1.82) is 0 Å². The summed E-state index contributed by atoms with van der Waals surface area (Å²) in [6, 6.07) is 5.35. The zero-order chi connectivity index (χ0) is 15.6. The van der Waals surface area contributed by atoms with E-state index in [-0.39, 0.29) is 6.04 Å². The molecule has 1 aromatic rings. The largest absolute Gasteiger partial charge is 0.326 e. The molecule has 2 rings (SSSR count). The van der Waals surface area contributed by atoms with E-state index in [1.807, 2.05) is 13.0 Å². The second kappa shape index (κ2) is 6.46. The van der Waals surface area contributed by atoms with Crippen molar-refractivity contribution in [3.8, 4) is 0 Å². The molecule has 1 aromatic carbocycles. The molecule has 5 heteroatoms. The molecule has 0 aliphatic heterocycles. The molecule has 1 fully saturated rings. The minimum Gasteiger partial charge on any atom is -0.326 e. The molecule has 0 spiro atoms. The Labute approximate surface area is 128 Å². The number of rotatable bonds is 4. The van der Waals surface area contributed by atoms with Gasteiger partial charge >= 0.3 is 0 Å². The molecule has 0 heterocycles. The second-order valence-electron chi connectivity index (χ2n) is 6.23. The van der Waals surface area contributed by atoms with E-state index in [4.69, 9.17) is 5.73 Å². The Morgan fingerprint density at radius 3 is 2.38 bits per heavy atom. The van der Waals surface area contributed by atoms with Crippen LogP contribution >= 0.6 is 0 Å². The van der Waals surface area contributed by atoms with Crippen molar-refractivity contribution in [2.75, 3.05) is 7.05 Å². The quantitative estimate of drug-likeness (QED) is 0.930. The lowest BCUT2D eigenvalue weighted by Gasteiger charge is -2.33. The number of hydrogen-bond donors (Lipinski definition) is 1. The number of nitrogens with two attached hydrogens (primary N) is 1. The first-order valence-corrected chi connectivity index (χ1v) is 9.08. The molecular formula is C16H26N2O2S. The Bertz CT molecular complexity index is 590. The van der Waals surface area contributed by atoms with E-state index in [0.29, 0.717) is 17.4 Å². The smallest absolute Gasteiger partial charge is 0.243 e. The highest BCUT2D eigenvalue weighted by Crippen LogP contribution is 2.30. The summed E-state index contributed by atoms with van der Waals surface area (Å²) in [5, 5.41) is 0. The normalized spacial score (nSPS) is 23.5. The molecule has 0 amide bonds. The number of nitrogens with zero attached hydrogens (tertiary/aromatic N) is 1. The number of aryl methyl sites for hydroxylation is 1. The number of hydrogen-bond acceptors (Lipinski definition) is 3. The average Bonchev–Trinajstić information content (AvgIpc) is 2.47. The lowest BCUT2D eigenvalue weighted by molar-refractivity contribution is 0.246. The molecule has 118 valence electrons. The average molecular weight is 310 g/mol. The lowest BCUT2D eigenvalue weighted by atomic mass is 9.87. The van der Waals surface area contributed by atoms with Crippen molar-refractivity contribution < 1.29 is 8.42 Å². The van der Waals surface area contributed by atoms with E-state index >= 15 is 0 Å². The van der Waals surface area contributed by atoms with Crippen LogP contribution in [0.15, 0.2) is 23.1 Å². The summed E-state index contributed by atoms with van der Waals surface area (Å²) >= 11 is 0. The zero-order valence-electron chi connectivity index (χ0n) is 13.2. The molecule has 1 aliphatic rings. The van der Waals surface area contributed by atoms with E-state index in [0.717, 1.165) is 36.8 Å². The summed E-state index contributed by atoms with van der Waals surface area (Å²) in [6.07, 6.45) is 4.12. The van der Waals surface area contributed by atoms with Crippen LogP contribution in [0.5, 0.6) is 0 Å². The highest BCUT2D eigenvalue weighted by atomic mass is 32.2. The summed E-state index contributed by atoms with van der Waals surface area (Å²) in [4.78, 5) is 0.373. The third-order valence-corrected chi connectivity index (χ3v) is 6.62. The van der Waals surface area contributed by atoms with Gasteiger partial charge in [-0.1, -0.05) is 13.0 Å². The fourth-order valence-corrected chi connectivity index (χ4v) is 4.53. The van der Waals surface area contributed by atoms with E-state index in [1.54, 1.807) is 23.5 Å². The van der Waals surface area contributed by atoms with Gasteiger partial charge in [0, 0.05) is 19.6 Å². The fraction of sp³-hybridized carbons (Fsp3) is 0.625. The predicted molar refractivity (Wildman–Crippen MR) is 85.4 cm³/mol. The van der Waals surface area contributed by atoms with Crippen molar-refractivity contribution in [1.82, 2.24) is 4.31 Å². The Morgan fingerprint density at radius 1 is 1.24 bits per heavy atom. The van der Waals surface area contributed by atoms with Gasteiger partial charge in [-0.05, 0) is 61.8 Å². The maximum Gasteiger partial charge on any atom is 0.243 e. The summed E-state index contributed by atoms with van der Waals surface area (Å²) in [5.41, 5.74) is 7.56. The predicted octanol–water partition coefficient (Wildman–Crippen LogP) is 2.65. The first-order valence-electron chi connectivity index (χ1n) is 7.64. The van der Waals surface area contributed by atoms with E-state index < -0.39 is 10.0 Å². The van der Waals surface area contributed by atoms with Gasteiger partial charge in [0.2, 0.25) is 10.0 Å². The molecule has 4 nitrogen and oxygen atoms in total. The third kappa shape index (κ3) is 3.47. The molecule has 0 bridgehead atoms. The van der Waals surface area contributed by atoms with Crippen LogP contribution in [0.2, 0.25) is 0 Å². The number of benzene rings is 1. The maximum atomic E-state index is 12.8. The third-order valence-electron chi connectivity index (χ3n) is 4.71. The Hall–Kier alpha value is -0.910. The summed E-state index contributed by atoms with van der Waals surface area (Å²) < 4.78 is 27.1. The highest BCUT2D eigenvalue weighted by molar-refractivity contribution is 7.89. The molecule has 21 heavy (non-hydrogen) atoms. The Kier molecular flexibility index (Phi) is 5.07. The van der Waals surface area contributed by atoms with Gasteiger partial charge in [0.05, 0.1) is 4.90 Å². The summed E-state index contributed by atoms with van der Waals surface area (Å²) in [5.74, 6) is 0.712. The van der Waals surface area contributed by atoms with Crippen molar-refractivity contribution in [3.63, 3.8) is 0 Å². The molecular weight excluding hydrogens is 284 g/mol. The zero-order valence-corrected chi connectivity index (χ0v) is 14.0. The molecule has 0 radical (unpaired) electrons. The molecule has 1 saturated carbocycles. The monoisotopic (exact) mass is 310 g/mol. The molecule has 0 aromatic heterocycles. The van der Waals surface area contributed by atoms with Crippen molar-refractivity contribution >= 4 is 10.0 Å².